The van der Waals surface area contributed by atoms with Crippen LogP contribution in [0, 0.1) is 6.57 Å². The maximum absolute atomic E-state index is 10.2. The number of aliphatic carboxylic acids is 1. The summed E-state index contributed by atoms with van der Waals surface area (Å²) in [7, 11) is 0. The van der Waals surface area contributed by atoms with E-state index in [0.29, 0.717) is 6.42 Å². The van der Waals surface area contributed by atoms with Crippen molar-refractivity contribution in [1.82, 2.24) is 0 Å². The van der Waals surface area contributed by atoms with E-state index in [1.165, 1.54) is 25.0 Å². The normalized spacial score (nSPS) is 9.94. The third-order valence-corrected chi connectivity index (χ3v) is 3.41. The molecule has 0 atom stereocenters. The molecule has 0 bridgehead atoms. The van der Waals surface area contributed by atoms with Crippen LogP contribution < -0.4 is 0 Å². The first-order valence-corrected chi connectivity index (χ1v) is 7.09. The SMILES string of the molecule is C#[N+]CCCCCCSCCCCC(=O)O. The van der Waals surface area contributed by atoms with Crippen molar-refractivity contribution in [2.75, 3.05) is 18.1 Å². The second-order valence-electron chi connectivity index (χ2n) is 3.78. The largest absolute Gasteiger partial charge is 0.481 e. The fourth-order valence-electron chi connectivity index (χ4n) is 1.34. The predicted octanol–water partition coefficient (Wildman–Crippen LogP) is 3.50. The molecule has 16 heavy (non-hydrogen) atoms. The third kappa shape index (κ3) is 13.3. The molecule has 0 unspecified atom stereocenters. The molecule has 0 rings (SSSR count). The lowest BCUT2D eigenvalue weighted by molar-refractivity contribution is -0.137. The van der Waals surface area contributed by atoms with Crippen LogP contribution in [0.5, 0.6) is 0 Å². The molecule has 0 aromatic rings. The predicted molar refractivity (Wildman–Crippen MR) is 70.5 cm³/mol. The molecule has 0 aliphatic carbocycles. The van der Waals surface area contributed by atoms with E-state index in [2.05, 4.69) is 4.85 Å². The van der Waals surface area contributed by atoms with Gasteiger partial charge >= 0.3 is 5.97 Å². The number of thioether (sulfide) groups is 1. The number of carboxylic acids is 1. The Bertz CT molecular complexity index is 214. The first-order valence-electron chi connectivity index (χ1n) is 5.93. The molecule has 0 aliphatic heterocycles. The van der Waals surface area contributed by atoms with Crippen LogP contribution in [0.1, 0.15) is 44.9 Å². The number of hydrogen-bond acceptors (Lipinski definition) is 2. The summed E-state index contributed by atoms with van der Waals surface area (Å²) in [6, 6.07) is 0. The van der Waals surface area contributed by atoms with Gasteiger partial charge in [-0.2, -0.15) is 11.8 Å². The van der Waals surface area contributed by atoms with E-state index in [9.17, 15) is 4.79 Å². The Kier molecular flexibility index (Phi) is 11.8. The topological polar surface area (TPSA) is 41.7 Å². The quantitative estimate of drug-likeness (QED) is 0.566. The second kappa shape index (κ2) is 12.4. The van der Waals surface area contributed by atoms with E-state index in [1.54, 1.807) is 0 Å². The van der Waals surface area contributed by atoms with E-state index < -0.39 is 5.97 Å². The highest BCUT2D eigenvalue weighted by Crippen LogP contribution is 2.10. The van der Waals surface area contributed by atoms with Crippen molar-refractivity contribution in [3.05, 3.63) is 4.85 Å². The number of nitrogens with zero attached hydrogens (tertiary/aromatic N) is 1. The van der Waals surface area contributed by atoms with Crippen molar-refractivity contribution >= 4 is 17.7 Å². The van der Waals surface area contributed by atoms with Crippen molar-refractivity contribution in [3.63, 3.8) is 0 Å². The molecule has 0 aliphatic rings. The molecule has 0 aromatic heterocycles. The highest BCUT2D eigenvalue weighted by molar-refractivity contribution is 7.99. The van der Waals surface area contributed by atoms with Crippen molar-refractivity contribution < 1.29 is 9.90 Å². The molecule has 92 valence electrons. The Hall–Kier alpha value is -0.690. The van der Waals surface area contributed by atoms with Crippen LogP contribution in [-0.4, -0.2) is 29.1 Å². The van der Waals surface area contributed by atoms with Crippen LogP contribution >= 0.6 is 11.8 Å². The molecule has 0 saturated heterocycles. The van der Waals surface area contributed by atoms with Crippen LogP contribution in [0.3, 0.4) is 0 Å². The molecule has 4 heteroatoms. The van der Waals surface area contributed by atoms with Gasteiger partial charge in [-0.1, -0.05) is 11.3 Å². The number of rotatable bonds is 11. The Morgan fingerprint density at radius 1 is 1.06 bits per heavy atom. The highest BCUT2D eigenvalue weighted by Gasteiger charge is 1.97. The summed E-state index contributed by atoms with van der Waals surface area (Å²) < 4.78 is 0. The van der Waals surface area contributed by atoms with E-state index in [0.717, 1.165) is 31.6 Å². The summed E-state index contributed by atoms with van der Waals surface area (Å²) in [6.45, 7) is 5.82. The van der Waals surface area contributed by atoms with Gasteiger partial charge in [0.15, 0.2) is 0 Å². The van der Waals surface area contributed by atoms with E-state index in [4.69, 9.17) is 11.7 Å². The number of hydrogen-bond donors (Lipinski definition) is 1. The Balaban J connectivity index is 2.94. The standard InChI is InChI=1S/C12H21NO2S/c1-13-9-5-2-3-6-10-16-11-7-4-8-12(14)15/h1H,2-11H2/p+1. The fourth-order valence-corrected chi connectivity index (χ4v) is 2.36. The molecule has 0 heterocycles. The van der Waals surface area contributed by atoms with E-state index >= 15 is 0 Å². The van der Waals surface area contributed by atoms with Gasteiger partial charge in [0.25, 0.3) is 13.1 Å². The van der Waals surface area contributed by atoms with Gasteiger partial charge in [-0.25, -0.2) is 0 Å². The Morgan fingerprint density at radius 3 is 2.31 bits per heavy atom. The Morgan fingerprint density at radius 2 is 1.69 bits per heavy atom. The van der Waals surface area contributed by atoms with E-state index in [1.807, 2.05) is 11.8 Å². The van der Waals surface area contributed by atoms with Crippen molar-refractivity contribution in [2.24, 2.45) is 0 Å². The molecule has 0 amide bonds. The fraction of sp³-hybridized carbons (Fsp3) is 0.833. The molecule has 0 saturated carbocycles. The number of carboxylic acid groups (broad SMARTS) is 1. The summed E-state index contributed by atoms with van der Waals surface area (Å²) in [5.41, 5.74) is 0. The van der Waals surface area contributed by atoms with Crippen molar-refractivity contribution in [2.45, 2.75) is 44.9 Å². The van der Waals surface area contributed by atoms with Gasteiger partial charge in [0.2, 0.25) is 0 Å². The summed E-state index contributed by atoms with van der Waals surface area (Å²) in [4.78, 5) is 13.8. The third-order valence-electron chi connectivity index (χ3n) is 2.26. The summed E-state index contributed by atoms with van der Waals surface area (Å²) in [5.74, 6) is 1.59. The first-order chi connectivity index (χ1) is 7.77. The molecule has 0 radical (unpaired) electrons. The molecular formula is C12H22NO2S+. The summed E-state index contributed by atoms with van der Waals surface area (Å²) >= 11 is 1.93. The molecular weight excluding hydrogens is 222 g/mol. The van der Waals surface area contributed by atoms with Gasteiger partial charge in [0.1, 0.15) is 0 Å². The van der Waals surface area contributed by atoms with Gasteiger partial charge < -0.3 is 5.11 Å². The van der Waals surface area contributed by atoms with Crippen molar-refractivity contribution in [3.8, 4) is 6.57 Å². The lowest BCUT2D eigenvalue weighted by Crippen LogP contribution is -1.94. The number of carbonyl (C=O) groups is 1. The van der Waals surface area contributed by atoms with Crippen LogP contribution in [0.4, 0.5) is 0 Å². The Labute approximate surface area is 102 Å². The smallest absolute Gasteiger partial charge is 0.303 e. The van der Waals surface area contributed by atoms with Gasteiger partial charge in [0, 0.05) is 12.8 Å². The minimum absolute atomic E-state index is 0.309. The highest BCUT2D eigenvalue weighted by atomic mass is 32.2. The molecule has 0 aromatic carbocycles. The van der Waals surface area contributed by atoms with Gasteiger partial charge in [-0.3, -0.25) is 4.79 Å². The lowest BCUT2D eigenvalue weighted by atomic mass is 10.2. The van der Waals surface area contributed by atoms with Gasteiger partial charge in [0.05, 0.1) is 0 Å². The van der Waals surface area contributed by atoms with Crippen LogP contribution in [0.15, 0.2) is 0 Å². The summed E-state index contributed by atoms with van der Waals surface area (Å²) in [6.07, 6.45) is 6.93. The molecule has 0 spiro atoms. The van der Waals surface area contributed by atoms with E-state index in [-0.39, 0.29) is 0 Å². The average molecular weight is 244 g/mol. The van der Waals surface area contributed by atoms with Gasteiger partial charge in [-0.05, 0) is 37.2 Å². The van der Waals surface area contributed by atoms with Crippen LogP contribution in [-0.2, 0) is 4.79 Å². The molecule has 0 fully saturated rings. The van der Waals surface area contributed by atoms with Gasteiger partial charge in [-0.15, -0.1) is 0 Å². The minimum atomic E-state index is -0.685. The first kappa shape index (κ1) is 15.3. The zero-order chi connectivity index (χ0) is 12.1. The maximum atomic E-state index is 10.2. The minimum Gasteiger partial charge on any atom is -0.481 e. The number of unbranched alkanes of at least 4 members (excludes halogenated alkanes) is 4. The molecule has 3 nitrogen and oxygen atoms in total. The zero-order valence-corrected chi connectivity index (χ0v) is 10.7. The van der Waals surface area contributed by atoms with Crippen LogP contribution in [0.25, 0.3) is 4.85 Å². The lowest BCUT2D eigenvalue weighted by Gasteiger charge is -2.00. The average Bonchev–Trinajstić information content (AvgIpc) is 2.25. The molecule has 1 N–H and O–H groups in total. The second-order valence-corrected chi connectivity index (χ2v) is 5.01. The monoisotopic (exact) mass is 244 g/mol. The zero-order valence-electron chi connectivity index (χ0n) is 9.86. The van der Waals surface area contributed by atoms with Crippen molar-refractivity contribution in [1.29, 1.82) is 0 Å². The maximum Gasteiger partial charge on any atom is 0.303 e. The summed E-state index contributed by atoms with van der Waals surface area (Å²) in [5, 5.41) is 8.43. The van der Waals surface area contributed by atoms with Crippen LogP contribution in [0.2, 0.25) is 0 Å².